The maximum absolute atomic E-state index is 11.5. The SMILES string of the molecule is CC(C)(C)OC=O.COC(=O)C1CCN(Cc2csc(N3CCNCC3)n2)CC1. The van der Waals surface area contributed by atoms with E-state index in [2.05, 4.69) is 25.2 Å². The standard InChI is InChI=1S/C15H24N4O2S.C5H10O2/c1-21-14(20)12-2-6-18(7-3-12)10-13-11-22-15(17-13)19-8-4-16-5-9-19;1-5(2,3)7-4-6/h11-12,16H,2-10H2,1H3;4H,1-3H3. The Kier molecular flexibility index (Phi) is 9.32. The molecular formula is C20H34N4O4S. The van der Waals surface area contributed by atoms with Crippen molar-refractivity contribution in [2.75, 3.05) is 51.3 Å². The molecule has 0 unspecified atom stereocenters. The van der Waals surface area contributed by atoms with Crippen molar-refractivity contribution < 1.29 is 19.1 Å². The van der Waals surface area contributed by atoms with Crippen molar-refractivity contribution in [3.8, 4) is 0 Å². The summed E-state index contributed by atoms with van der Waals surface area (Å²) in [5.74, 6) is 0.0161. The number of carbonyl (C=O) groups excluding carboxylic acids is 2. The second-order valence-electron chi connectivity index (χ2n) is 8.26. The number of hydrogen-bond donors (Lipinski definition) is 1. The third-order valence-electron chi connectivity index (χ3n) is 4.84. The minimum Gasteiger partial charge on any atom is -0.469 e. The van der Waals surface area contributed by atoms with Gasteiger partial charge in [0, 0.05) is 38.1 Å². The highest BCUT2D eigenvalue weighted by atomic mass is 32.1. The molecule has 1 aromatic rings. The van der Waals surface area contributed by atoms with Gasteiger partial charge in [-0.1, -0.05) is 0 Å². The van der Waals surface area contributed by atoms with Gasteiger partial charge in [-0.3, -0.25) is 14.5 Å². The number of nitrogens with zero attached hydrogens (tertiary/aromatic N) is 3. The minimum absolute atomic E-state index is 0.0608. The number of nitrogens with one attached hydrogen (secondary N) is 1. The molecule has 0 spiro atoms. The summed E-state index contributed by atoms with van der Waals surface area (Å²) in [7, 11) is 1.47. The van der Waals surface area contributed by atoms with E-state index >= 15 is 0 Å². The lowest BCUT2D eigenvalue weighted by atomic mass is 9.97. The van der Waals surface area contributed by atoms with Gasteiger partial charge in [0.25, 0.3) is 6.47 Å². The number of ether oxygens (including phenoxy) is 2. The van der Waals surface area contributed by atoms with Crippen LogP contribution in [0.4, 0.5) is 5.13 Å². The smallest absolute Gasteiger partial charge is 0.308 e. The fourth-order valence-electron chi connectivity index (χ4n) is 3.24. The Morgan fingerprint density at radius 3 is 2.45 bits per heavy atom. The van der Waals surface area contributed by atoms with Crippen molar-refractivity contribution in [1.82, 2.24) is 15.2 Å². The molecule has 2 saturated heterocycles. The highest BCUT2D eigenvalue weighted by Gasteiger charge is 2.26. The summed E-state index contributed by atoms with van der Waals surface area (Å²) in [4.78, 5) is 30.7. The first kappa shape index (κ1) is 23.6. The first-order chi connectivity index (χ1) is 13.8. The molecule has 3 heterocycles. The van der Waals surface area contributed by atoms with Crippen molar-refractivity contribution in [3.05, 3.63) is 11.1 Å². The quantitative estimate of drug-likeness (QED) is 0.565. The van der Waals surface area contributed by atoms with Crippen molar-refractivity contribution in [3.63, 3.8) is 0 Å². The highest BCUT2D eigenvalue weighted by Crippen LogP contribution is 2.24. The summed E-state index contributed by atoms with van der Waals surface area (Å²) >= 11 is 1.74. The molecule has 0 aromatic carbocycles. The summed E-state index contributed by atoms with van der Waals surface area (Å²) in [6, 6.07) is 0. The average molecular weight is 427 g/mol. The van der Waals surface area contributed by atoms with Crippen LogP contribution in [0.3, 0.4) is 0 Å². The number of hydrogen-bond acceptors (Lipinski definition) is 9. The second-order valence-corrected chi connectivity index (χ2v) is 9.10. The molecule has 2 aliphatic heterocycles. The number of aromatic nitrogens is 1. The lowest BCUT2D eigenvalue weighted by molar-refractivity contribution is -0.147. The molecule has 0 aliphatic carbocycles. The number of carbonyl (C=O) groups is 2. The first-order valence-electron chi connectivity index (χ1n) is 10.1. The van der Waals surface area contributed by atoms with Gasteiger partial charge in [-0.15, -0.1) is 11.3 Å². The molecule has 2 aliphatic rings. The topological polar surface area (TPSA) is 84.0 Å². The van der Waals surface area contributed by atoms with Gasteiger partial charge in [0.05, 0.1) is 18.7 Å². The minimum atomic E-state index is -0.318. The Morgan fingerprint density at radius 1 is 1.28 bits per heavy atom. The molecule has 2 fully saturated rings. The van der Waals surface area contributed by atoms with Gasteiger partial charge in [-0.25, -0.2) is 4.98 Å². The van der Waals surface area contributed by atoms with Crippen LogP contribution in [-0.4, -0.2) is 74.3 Å². The molecule has 164 valence electrons. The van der Waals surface area contributed by atoms with Gasteiger partial charge < -0.3 is 19.7 Å². The van der Waals surface area contributed by atoms with Crippen molar-refractivity contribution in [1.29, 1.82) is 0 Å². The molecular weight excluding hydrogens is 392 g/mol. The number of methoxy groups -OCH3 is 1. The third-order valence-corrected chi connectivity index (χ3v) is 5.79. The van der Waals surface area contributed by atoms with E-state index in [1.54, 1.807) is 11.3 Å². The predicted molar refractivity (Wildman–Crippen MR) is 114 cm³/mol. The number of esters is 1. The van der Waals surface area contributed by atoms with Crippen LogP contribution >= 0.6 is 11.3 Å². The van der Waals surface area contributed by atoms with Crippen LogP contribution in [-0.2, 0) is 25.6 Å². The fourth-order valence-corrected chi connectivity index (χ4v) is 4.11. The lowest BCUT2D eigenvalue weighted by Gasteiger charge is -2.30. The van der Waals surface area contributed by atoms with Crippen LogP contribution in [0.1, 0.15) is 39.3 Å². The van der Waals surface area contributed by atoms with E-state index < -0.39 is 0 Å². The van der Waals surface area contributed by atoms with Gasteiger partial charge in [0.2, 0.25) is 0 Å². The monoisotopic (exact) mass is 426 g/mol. The number of likely N-dealkylation sites (tertiary alicyclic amines) is 1. The Labute approximate surface area is 177 Å². The normalized spacial score (nSPS) is 18.6. The van der Waals surface area contributed by atoms with Crippen LogP contribution in [0.15, 0.2) is 5.38 Å². The molecule has 1 N–H and O–H groups in total. The number of thiazole rings is 1. The fraction of sp³-hybridized carbons (Fsp3) is 0.750. The summed E-state index contributed by atoms with van der Waals surface area (Å²) in [6.45, 7) is 12.8. The van der Waals surface area contributed by atoms with Gasteiger partial charge in [-0.2, -0.15) is 0 Å². The van der Waals surface area contributed by atoms with Gasteiger partial charge in [-0.05, 0) is 46.7 Å². The van der Waals surface area contributed by atoms with E-state index in [-0.39, 0.29) is 17.5 Å². The van der Waals surface area contributed by atoms with E-state index in [9.17, 15) is 9.59 Å². The average Bonchev–Trinajstić information content (AvgIpc) is 3.17. The van der Waals surface area contributed by atoms with Crippen LogP contribution in [0, 0.1) is 5.92 Å². The molecule has 0 radical (unpaired) electrons. The van der Waals surface area contributed by atoms with E-state index in [1.165, 1.54) is 7.11 Å². The number of rotatable bonds is 5. The van der Waals surface area contributed by atoms with Crippen molar-refractivity contribution >= 4 is 28.9 Å². The number of anilines is 1. The molecule has 0 atom stereocenters. The molecule has 9 heteroatoms. The molecule has 1 aromatic heterocycles. The summed E-state index contributed by atoms with van der Waals surface area (Å²) < 4.78 is 9.38. The third kappa shape index (κ3) is 8.28. The zero-order valence-corrected chi connectivity index (χ0v) is 18.8. The molecule has 0 saturated carbocycles. The van der Waals surface area contributed by atoms with E-state index in [0.717, 1.165) is 69.5 Å². The van der Waals surface area contributed by atoms with Crippen molar-refractivity contribution in [2.45, 2.75) is 45.8 Å². The van der Waals surface area contributed by atoms with Gasteiger partial charge >= 0.3 is 5.97 Å². The van der Waals surface area contributed by atoms with E-state index in [1.807, 2.05) is 20.8 Å². The molecule has 0 bridgehead atoms. The zero-order chi connectivity index (χ0) is 21.3. The van der Waals surface area contributed by atoms with Crippen LogP contribution in [0.2, 0.25) is 0 Å². The van der Waals surface area contributed by atoms with Crippen LogP contribution in [0.5, 0.6) is 0 Å². The second kappa shape index (κ2) is 11.5. The first-order valence-corrected chi connectivity index (χ1v) is 11.0. The summed E-state index contributed by atoms with van der Waals surface area (Å²) in [5.41, 5.74) is 0.830. The molecule has 8 nitrogen and oxygen atoms in total. The van der Waals surface area contributed by atoms with Gasteiger partial charge in [0.15, 0.2) is 5.13 Å². The zero-order valence-electron chi connectivity index (χ0n) is 18.0. The molecule has 3 rings (SSSR count). The largest absolute Gasteiger partial charge is 0.469 e. The lowest BCUT2D eigenvalue weighted by Crippen LogP contribution is -2.43. The van der Waals surface area contributed by atoms with Crippen molar-refractivity contribution in [2.24, 2.45) is 5.92 Å². The van der Waals surface area contributed by atoms with Gasteiger partial charge in [0.1, 0.15) is 5.60 Å². The van der Waals surface area contributed by atoms with Crippen LogP contribution < -0.4 is 10.2 Å². The Balaban J connectivity index is 0.000000370. The Hall–Kier alpha value is -1.71. The number of piperazine rings is 1. The highest BCUT2D eigenvalue weighted by molar-refractivity contribution is 7.13. The Morgan fingerprint density at radius 2 is 1.93 bits per heavy atom. The van der Waals surface area contributed by atoms with E-state index in [0.29, 0.717) is 6.47 Å². The van der Waals surface area contributed by atoms with E-state index in [4.69, 9.17) is 9.72 Å². The molecule has 29 heavy (non-hydrogen) atoms. The Bertz CT molecular complexity index is 633. The maximum atomic E-state index is 11.5. The molecule has 0 amide bonds. The predicted octanol–water partition coefficient (Wildman–Crippen LogP) is 1.90. The summed E-state index contributed by atoms with van der Waals surface area (Å²) in [6.07, 6.45) is 1.78. The summed E-state index contributed by atoms with van der Waals surface area (Å²) in [5, 5.41) is 6.67. The number of piperidine rings is 1. The van der Waals surface area contributed by atoms with Crippen LogP contribution in [0.25, 0.3) is 0 Å². The maximum Gasteiger partial charge on any atom is 0.308 e.